The fourth-order valence-corrected chi connectivity index (χ4v) is 1.66. The molecule has 1 N–H and O–H groups in total. The molecule has 2 heteroatoms. The SMILES string of the molecule is CCC(C(=O)O)c1cc(C)ccc1C. The quantitative estimate of drug-likeness (QED) is 0.799. The average Bonchev–Trinajstić information content (AvgIpc) is 2.11. The lowest BCUT2D eigenvalue weighted by molar-refractivity contribution is -0.138. The molecule has 0 fully saturated rings. The Morgan fingerprint density at radius 2 is 2.07 bits per heavy atom. The van der Waals surface area contributed by atoms with E-state index in [1.165, 1.54) is 0 Å². The lowest BCUT2D eigenvalue weighted by Gasteiger charge is -2.13. The topological polar surface area (TPSA) is 37.3 Å². The van der Waals surface area contributed by atoms with Gasteiger partial charge in [-0.15, -0.1) is 0 Å². The van der Waals surface area contributed by atoms with E-state index in [-0.39, 0.29) is 5.92 Å². The predicted molar refractivity (Wildman–Crippen MR) is 56.6 cm³/mol. The van der Waals surface area contributed by atoms with Crippen molar-refractivity contribution in [3.63, 3.8) is 0 Å². The minimum Gasteiger partial charge on any atom is -0.481 e. The van der Waals surface area contributed by atoms with E-state index in [2.05, 4.69) is 0 Å². The lowest BCUT2D eigenvalue weighted by Crippen LogP contribution is -2.11. The molecule has 0 amide bonds. The third kappa shape index (κ3) is 2.13. The van der Waals surface area contributed by atoms with Crippen molar-refractivity contribution in [1.82, 2.24) is 0 Å². The van der Waals surface area contributed by atoms with Crippen molar-refractivity contribution in [2.75, 3.05) is 0 Å². The van der Waals surface area contributed by atoms with Gasteiger partial charge in [0.25, 0.3) is 0 Å². The normalized spacial score (nSPS) is 12.5. The molecule has 1 aromatic carbocycles. The Bertz CT molecular complexity index is 342. The minimum absolute atomic E-state index is 0.366. The highest BCUT2D eigenvalue weighted by molar-refractivity contribution is 5.76. The molecule has 0 aliphatic rings. The smallest absolute Gasteiger partial charge is 0.310 e. The van der Waals surface area contributed by atoms with Crippen LogP contribution in [0.2, 0.25) is 0 Å². The average molecular weight is 192 g/mol. The van der Waals surface area contributed by atoms with E-state index in [0.717, 1.165) is 16.7 Å². The van der Waals surface area contributed by atoms with E-state index >= 15 is 0 Å². The monoisotopic (exact) mass is 192 g/mol. The van der Waals surface area contributed by atoms with E-state index in [4.69, 9.17) is 5.11 Å². The second-order valence-corrected chi connectivity index (χ2v) is 3.66. The number of benzene rings is 1. The zero-order valence-corrected chi connectivity index (χ0v) is 8.87. The lowest BCUT2D eigenvalue weighted by atomic mass is 9.91. The minimum atomic E-state index is -0.735. The summed E-state index contributed by atoms with van der Waals surface area (Å²) in [5, 5.41) is 9.04. The van der Waals surface area contributed by atoms with E-state index in [1.54, 1.807) is 0 Å². The van der Waals surface area contributed by atoms with Crippen molar-refractivity contribution in [2.45, 2.75) is 33.1 Å². The van der Waals surface area contributed by atoms with Crippen LogP contribution in [0.15, 0.2) is 18.2 Å². The summed E-state index contributed by atoms with van der Waals surface area (Å²) in [6, 6.07) is 5.96. The zero-order chi connectivity index (χ0) is 10.7. The van der Waals surface area contributed by atoms with Crippen molar-refractivity contribution in [3.8, 4) is 0 Å². The number of aryl methyl sites for hydroxylation is 2. The molecule has 0 heterocycles. The molecule has 2 nitrogen and oxygen atoms in total. The number of carboxylic acids is 1. The molecule has 0 aliphatic carbocycles. The van der Waals surface area contributed by atoms with Crippen LogP contribution >= 0.6 is 0 Å². The van der Waals surface area contributed by atoms with Gasteiger partial charge in [-0.25, -0.2) is 0 Å². The number of aliphatic carboxylic acids is 1. The fourth-order valence-electron chi connectivity index (χ4n) is 1.66. The third-order valence-corrected chi connectivity index (χ3v) is 2.52. The van der Waals surface area contributed by atoms with Crippen molar-refractivity contribution >= 4 is 5.97 Å². The van der Waals surface area contributed by atoms with Gasteiger partial charge in [0.15, 0.2) is 0 Å². The predicted octanol–water partition coefficient (Wildman–Crippen LogP) is 2.88. The van der Waals surface area contributed by atoms with Gasteiger partial charge in [0.1, 0.15) is 0 Å². The molecule has 0 radical (unpaired) electrons. The van der Waals surface area contributed by atoms with Crippen molar-refractivity contribution in [3.05, 3.63) is 34.9 Å². The highest BCUT2D eigenvalue weighted by Gasteiger charge is 2.19. The molecule has 0 bridgehead atoms. The van der Waals surface area contributed by atoms with Crippen LogP contribution in [0.25, 0.3) is 0 Å². The molecule has 14 heavy (non-hydrogen) atoms. The number of hydrogen-bond acceptors (Lipinski definition) is 1. The van der Waals surface area contributed by atoms with Crippen LogP contribution in [0, 0.1) is 13.8 Å². The van der Waals surface area contributed by atoms with Crippen LogP contribution in [0.1, 0.15) is 36.0 Å². The first-order valence-electron chi connectivity index (χ1n) is 4.86. The van der Waals surface area contributed by atoms with Gasteiger partial charge in [-0.2, -0.15) is 0 Å². The maximum Gasteiger partial charge on any atom is 0.310 e. The standard InChI is InChI=1S/C12H16O2/c1-4-10(12(13)14)11-7-8(2)5-6-9(11)3/h5-7,10H,4H2,1-3H3,(H,13,14). The number of hydrogen-bond donors (Lipinski definition) is 1. The molecule has 0 aromatic heterocycles. The second-order valence-electron chi connectivity index (χ2n) is 3.66. The first-order chi connectivity index (χ1) is 6.56. The fraction of sp³-hybridized carbons (Fsp3) is 0.417. The van der Waals surface area contributed by atoms with Crippen molar-refractivity contribution < 1.29 is 9.90 Å². The Morgan fingerprint density at radius 3 is 2.57 bits per heavy atom. The number of carbonyl (C=O) groups is 1. The van der Waals surface area contributed by atoms with Crippen LogP contribution in [-0.2, 0) is 4.79 Å². The first kappa shape index (κ1) is 10.8. The highest BCUT2D eigenvalue weighted by atomic mass is 16.4. The maximum atomic E-state index is 11.0. The molecule has 0 saturated heterocycles. The Labute approximate surface area is 84.6 Å². The van der Waals surface area contributed by atoms with E-state index in [1.807, 2.05) is 39.0 Å². The number of rotatable bonds is 3. The molecule has 1 unspecified atom stereocenters. The summed E-state index contributed by atoms with van der Waals surface area (Å²) < 4.78 is 0. The highest BCUT2D eigenvalue weighted by Crippen LogP contribution is 2.24. The maximum absolute atomic E-state index is 11.0. The largest absolute Gasteiger partial charge is 0.481 e. The molecule has 0 aliphatic heterocycles. The molecule has 1 rings (SSSR count). The van der Waals surface area contributed by atoms with E-state index < -0.39 is 5.97 Å². The van der Waals surface area contributed by atoms with Crippen LogP contribution in [0.5, 0.6) is 0 Å². The molecular formula is C12H16O2. The van der Waals surface area contributed by atoms with Crippen LogP contribution in [0.4, 0.5) is 0 Å². The van der Waals surface area contributed by atoms with Crippen LogP contribution in [0.3, 0.4) is 0 Å². The third-order valence-electron chi connectivity index (χ3n) is 2.52. The summed E-state index contributed by atoms with van der Waals surface area (Å²) in [5.41, 5.74) is 3.12. The van der Waals surface area contributed by atoms with Crippen molar-refractivity contribution in [1.29, 1.82) is 0 Å². The Morgan fingerprint density at radius 1 is 1.43 bits per heavy atom. The summed E-state index contributed by atoms with van der Waals surface area (Å²) in [4.78, 5) is 11.0. The van der Waals surface area contributed by atoms with Gasteiger partial charge in [-0.3, -0.25) is 4.79 Å². The number of carboxylic acid groups (broad SMARTS) is 1. The second kappa shape index (κ2) is 4.27. The van der Waals surface area contributed by atoms with Crippen molar-refractivity contribution in [2.24, 2.45) is 0 Å². The Balaban J connectivity index is 3.15. The summed E-state index contributed by atoms with van der Waals surface area (Å²) in [5.74, 6) is -1.10. The summed E-state index contributed by atoms with van der Waals surface area (Å²) >= 11 is 0. The summed E-state index contributed by atoms with van der Waals surface area (Å²) in [7, 11) is 0. The van der Waals surface area contributed by atoms with Crippen LogP contribution < -0.4 is 0 Å². The van der Waals surface area contributed by atoms with Gasteiger partial charge in [0.2, 0.25) is 0 Å². The van der Waals surface area contributed by atoms with Crippen LogP contribution in [-0.4, -0.2) is 11.1 Å². The Kier molecular flexibility index (Phi) is 3.28. The molecular weight excluding hydrogens is 176 g/mol. The van der Waals surface area contributed by atoms with Gasteiger partial charge in [-0.05, 0) is 31.4 Å². The first-order valence-corrected chi connectivity index (χ1v) is 4.86. The molecule has 0 spiro atoms. The van der Waals surface area contributed by atoms with E-state index in [9.17, 15) is 4.79 Å². The zero-order valence-electron chi connectivity index (χ0n) is 8.87. The molecule has 1 atom stereocenters. The molecule has 0 saturated carbocycles. The van der Waals surface area contributed by atoms with Gasteiger partial charge in [0.05, 0.1) is 5.92 Å². The van der Waals surface area contributed by atoms with Gasteiger partial charge in [0, 0.05) is 0 Å². The van der Waals surface area contributed by atoms with Gasteiger partial charge >= 0.3 is 5.97 Å². The van der Waals surface area contributed by atoms with Gasteiger partial charge < -0.3 is 5.11 Å². The summed E-state index contributed by atoms with van der Waals surface area (Å²) in [6.07, 6.45) is 0.639. The molecule has 76 valence electrons. The van der Waals surface area contributed by atoms with E-state index in [0.29, 0.717) is 6.42 Å². The Hall–Kier alpha value is -1.31. The molecule has 1 aromatic rings. The van der Waals surface area contributed by atoms with Gasteiger partial charge in [-0.1, -0.05) is 30.7 Å². The summed E-state index contributed by atoms with van der Waals surface area (Å²) in [6.45, 7) is 5.85.